The van der Waals surface area contributed by atoms with Crippen LogP contribution >= 0.6 is 0 Å². The molecule has 0 fully saturated rings. The molecule has 1 aromatic rings. The van der Waals surface area contributed by atoms with Gasteiger partial charge < -0.3 is 9.47 Å². The van der Waals surface area contributed by atoms with E-state index in [1.807, 2.05) is 12.1 Å². The van der Waals surface area contributed by atoms with Crippen molar-refractivity contribution in [3.05, 3.63) is 47.5 Å². The Bertz CT molecular complexity index is 404. The van der Waals surface area contributed by atoms with Gasteiger partial charge in [0.15, 0.2) is 11.4 Å². The van der Waals surface area contributed by atoms with Crippen LogP contribution in [0, 0.1) is 6.57 Å². The van der Waals surface area contributed by atoms with Crippen LogP contribution in [0.1, 0.15) is 5.56 Å². The van der Waals surface area contributed by atoms with Gasteiger partial charge in [0.25, 0.3) is 0 Å². The summed E-state index contributed by atoms with van der Waals surface area (Å²) >= 11 is 0. The summed E-state index contributed by atoms with van der Waals surface area (Å²) in [6, 6.07) is 7.28. The fraction of sp³-hybridized carbons (Fsp3) is 0.182. The minimum absolute atomic E-state index is 0.564. The van der Waals surface area contributed by atoms with E-state index in [0.717, 1.165) is 5.56 Å². The van der Waals surface area contributed by atoms with Crippen LogP contribution in [0.5, 0.6) is 0 Å². The van der Waals surface area contributed by atoms with Crippen LogP contribution in [0.2, 0.25) is 0 Å². The van der Waals surface area contributed by atoms with Gasteiger partial charge in [0.2, 0.25) is 0 Å². The molecule has 0 saturated heterocycles. The summed E-state index contributed by atoms with van der Waals surface area (Å²) < 4.78 is 10.5. The van der Waals surface area contributed by atoms with Crippen LogP contribution in [0.3, 0.4) is 0 Å². The Balaban J connectivity index is 2.32. The summed E-state index contributed by atoms with van der Waals surface area (Å²) in [5, 5.41) is 0. The fourth-order valence-corrected chi connectivity index (χ4v) is 1.25. The molecule has 0 saturated carbocycles. The number of rotatable bonds is 1. The van der Waals surface area contributed by atoms with Crippen molar-refractivity contribution in [1.29, 1.82) is 0 Å². The van der Waals surface area contributed by atoms with Crippen LogP contribution in [-0.4, -0.2) is 13.2 Å². The Morgan fingerprint density at radius 3 is 2.93 bits per heavy atom. The van der Waals surface area contributed by atoms with Gasteiger partial charge in [0.1, 0.15) is 19.5 Å². The third-order valence-corrected chi connectivity index (χ3v) is 1.91. The molecule has 0 spiro atoms. The molecule has 0 N–H and O–H groups in total. The normalized spacial score (nSPS) is 14.6. The van der Waals surface area contributed by atoms with Crippen molar-refractivity contribution in [1.82, 2.24) is 0 Å². The molecule has 0 bridgehead atoms. The van der Waals surface area contributed by atoms with Crippen LogP contribution < -0.4 is 0 Å². The van der Waals surface area contributed by atoms with Gasteiger partial charge in [0, 0.05) is 5.56 Å². The molecule has 3 nitrogen and oxygen atoms in total. The molecule has 0 aliphatic carbocycles. The van der Waals surface area contributed by atoms with Crippen molar-refractivity contribution in [2.75, 3.05) is 13.2 Å². The minimum atomic E-state index is 0.564. The molecule has 1 aliphatic heterocycles. The van der Waals surface area contributed by atoms with E-state index in [0.29, 0.717) is 24.7 Å². The average Bonchev–Trinajstić information content (AvgIpc) is 2.30. The minimum Gasteiger partial charge on any atom is -0.494 e. The second-order valence-corrected chi connectivity index (χ2v) is 2.86. The van der Waals surface area contributed by atoms with Crippen molar-refractivity contribution in [2.45, 2.75) is 0 Å². The lowest BCUT2D eigenvalue weighted by molar-refractivity contribution is 0.125. The Kier molecular flexibility index (Phi) is 2.37. The first kappa shape index (κ1) is 8.64. The van der Waals surface area contributed by atoms with Crippen molar-refractivity contribution < 1.29 is 9.47 Å². The quantitative estimate of drug-likeness (QED) is 0.630. The van der Waals surface area contributed by atoms with E-state index in [2.05, 4.69) is 4.85 Å². The van der Waals surface area contributed by atoms with Gasteiger partial charge in [-0.15, -0.1) is 0 Å². The Labute approximate surface area is 82.4 Å². The molecular formula is C11H9NO2. The Hall–Kier alpha value is -1.95. The van der Waals surface area contributed by atoms with Gasteiger partial charge in [-0.1, -0.05) is 18.2 Å². The lowest BCUT2D eigenvalue weighted by Gasteiger charge is -2.15. The lowest BCUT2D eigenvalue weighted by Crippen LogP contribution is -2.07. The maximum atomic E-state index is 6.89. The average molecular weight is 187 g/mol. The van der Waals surface area contributed by atoms with E-state index in [4.69, 9.17) is 16.0 Å². The zero-order valence-corrected chi connectivity index (χ0v) is 7.56. The summed E-state index contributed by atoms with van der Waals surface area (Å²) in [5.74, 6) is 0.696. The zero-order chi connectivity index (χ0) is 9.80. The topological polar surface area (TPSA) is 22.8 Å². The number of ether oxygens (including phenoxy) is 2. The first-order valence-corrected chi connectivity index (χ1v) is 4.32. The van der Waals surface area contributed by atoms with Gasteiger partial charge in [-0.25, -0.2) is 4.85 Å². The summed E-state index contributed by atoms with van der Waals surface area (Å²) in [6.45, 7) is 8.04. The Morgan fingerprint density at radius 1 is 1.29 bits per heavy atom. The largest absolute Gasteiger partial charge is 0.494 e. The molecule has 3 heteroatoms. The monoisotopic (exact) mass is 187 g/mol. The van der Waals surface area contributed by atoms with Crippen LogP contribution in [0.25, 0.3) is 10.6 Å². The zero-order valence-electron chi connectivity index (χ0n) is 7.56. The highest BCUT2D eigenvalue weighted by atomic mass is 16.6. The maximum absolute atomic E-state index is 6.89. The summed E-state index contributed by atoms with van der Waals surface area (Å²) in [5.41, 5.74) is 1.50. The van der Waals surface area contributed by atoms with Crippen LogP contribution in [0.4, 0.5) is 5.69 Å². The van der Waals surface area contributed by atoms with E-state index in [1.54, 1.807) is 18.4 Å². The highest BCUT2D eigenvalue weighted by Crippen LogP contribution is 2.22. The van der Waals surface area contributed by atoms with E-state index in [-0.39, 0.29) is 0 Å². The Morgan fingerprint density at radius 2 is 2.21 bits per heavy atom. The number of nitrogens with zero attached hydrogens (tertiary/aromatic N) is 1. The molecule has 14 heavy (non-hydrogen) atoms. The van der Waals surface area contributed by atoms with Gasteiger partial charge in [0.05, 0.1) is 6.57 Å². The van der Waals surface area contributed by atoms with Crippen molar-refractivity contribution in [2.24, 2.45) is 0 Å². The van der Waals surface area contributed by atoms with Crippen LogP contribution in [0.15, 0.2) is 30.5 Å². The molecular weight excluding hydrogens is 178 g/mol. The lowest BCUT2D eigenvalue weighted by atomic mass is 10.2. The third-order valence-electron chi connectivity index (χ3n) is 1.91. The summed E-state index contributed by atoms with van der Waals surface area (Å²) in [7, 11) is 0. The van der Waals surface area contributed by atoms with Crippen molar-refractivity contribution >= 4 is 11.4 Å². The highest BCUT2D eigenvalue weighted by Gasteiger charge is 2.07. The molecule has 0 amide bonds. The first-order chi connectivity index (χ1) is 6.90. The van der Waals surface area contributed by atoms with Crippen molar-refractivity contribution in [3.63, 3.8) is 0 Å². The standard InChI is InChI=1S/C11H9NO2/c1-12-10-4-2-3-9(7-10)11-8-13-5-6-14-11/h2-4,7-8H,5-6H2. The van der Waals surface area contributed by atoms with E-state index < -0.39 is 0 Å². The predicted molar refractivity (Wildman–Crippen MR) is 52.6 cm³/mol. The van der Waals surface area contributed by atoms with Gasteiger partial charge in [-0.05, 0) is 6.07 Å². The predicted octanol–water partition coefficient (Wildman–Crippen LogP) is 2.58. The molecule has 1 heterocycles. The van der Waals surface area contributed by atoms with Crippen molar-refractivity contribution in [3.8, 4) is 0 Å². The molecule has 2 rings (SSSR count). The smallest absolute Gasteiger partial charge is 0.187 e. The molecule has 1 aromatic carbocycles. The van der Waals surface area contributed by atoms with E-state index in [1.165, 1.54) is 0 Å². The molecule has 0 radical (unpaired) electrons. The second kappa shape index (κ2) is 3.84. The molecule has 70 valence electrons. The number of hydrogen-bond donors (Lipinski definition) is 0. The first-order valence-electron chi connectivity index (χ1n) is 4.32. The summed E-state index contributed by atoms with van der Waals surface area (Å²) in [6.07, 6.45) is 1.59. The number of hydrogen-bond acceptors (Lipinski definition) is 2. The maximum Gasteiger partial charge on any atom is 0.187 e. The fourth-order valence-electron chi connectivity index (χ4n) is 1.25. The van der Waals surface area contributed by atoms with Gasteiger partial charge >= 0.3 is 0 Å². The summed E-state index contributed by atoms with van der Waals surface area (Å²) in [4.78, 5) is 3.35. The van der Waals surface area contributed by atoms with Crippen LogP contribution in [-0.2, 0) is 9.47 Å². The van der Waals surface area contributed by atoms with E-state index >= 15 is 0 Å². The second-order valence-electron chi connectivity index (χ2n) is 2.86. The SMILES string of the molecule is [C-]#[N+]c1cccc(C2=COCCO2)c1. The molecule has 0 aromatic heterocycles. The third kappa shape index (κ3) is 1.69. The molecule has 0 unspecified atom stereocenters. The van der Waals surface area contributed by atoms with E-state index in [9.17, 15) is 0 Å². The van der Waals surface area contributed by atoms with Gasteiger partial charge in [-0.3, -0.25) is 0 Å². The molecule has 1 aliphatic rings. The van der Waals surface area contributed by atoms with Gasteiger partial charge in [-0.2, -0.15) is 0 Å². The number of benzene rings is 1. The highest BCUT2D eigenvalue weighted by molar-refractivity contribution is 5.64. The molecule has 0 atom stereocenters.